The number of benzene rings is 1. The molecule has 3 N–H and O–H groups in total. The third-order valence-corrected chi connectivity index (χ3v) is 3.13. The van der Waals surface area contributed by atoms with Gasteiger partial charge in [-0.2, -0.15) is 0 Å². The van der Waals surface area contributed by atoms with Crippen LogP contribution in [0.3, 0.4) is 0 Å². The van der Waals surface area contributed by atoms with E-state index in [1.807, 2.05) is 30.3 Å². The van der Waals surface area contributed by atoms with Gasteiger partial charge < -0.3 is 25.5 Å². The molecule has 0 fully saturated rings. The number of hydrogen-bond acceptors (Lipinski definition) is 4. The van der Waals surface area contributed by atoms with E-state index in [9.17, 15) is 9.90 Å². The maximum Gasteiger partial charge on any atom is 0.167 e. The molecular formula is C14H15N4O2S-. The van der Waals surface area contributed by atoms with Gasteiger partial charge in [0.25, 0.3) is 0 Å². The van der Waals surface area contributed by atoms with Gasteiger partial charge in [-0.15, -0.1) is 0 Å². The molecule has 0 aliphatic heterocycles. The molecule has 0 bridgehead atoms. The number of imidazole rings is 1. The summed E-state index contributed by atoms with van der Waals surface area (Å²) in [5, 5.41) is 17.1. The number of carboxylic acids is 1. The summed E-state index contributed by atoms with van der Waals surface area (Å²) in [6.45, 7) is 0.524. The SMILES string of the molecule is O=C([O-])[C@H](Cc1cnc[nH]1)NC(=S)NCc1ccccc1. The van der Waals surface area contributed by atoms with Gasteiger partial charge in [-0.05, 0) is 17.8 Å². The Bertz CT molecular complexity index is 586. The van der Waals surface area contributed by atoms with Gasteiger partial charge in [0.15, 0.2) is 5.11 Å². The highest BCUT2D eigenvalue weighted by Crippen LogP contribution is 1.99. The van der Waals surface area contributed by atoms with Crippen molar-refractivity contribution in [2.45, 2.75) is 19.0 Å². The number of hydrogen-bond donors (Lipinski definition) is 3. The van der Waals surface area contributed by atoms with E-state index in [0.717, 1.165) is 5.56 Å². The molecule has 2 aromatic rings. The Morgan fingerprint density at radius 2 is 2.14 bits per heavy atom. The van der Waals surface area contributed by atoms with Crippen LogP contribution in [0.15, 0.2) is 42.9 Å². The first-order valence-electron chi connectivity index (χ1n) is 6.41. The zero-order valence-corrected chi connectivity index (χ0v) is 12.0. The largest absolute Gasteiger partial charge is 0.548 e. The lowest BCUT2D eigenvalue weighted by Gasteiger charge is -2.21. The molecule has 110 valence electrons. The molecule has 0 saturated heterocycles. The molecule has 0 radical (unpaired) electrons. The molecule has 0 amide bonds. The number of thiocarbonyl (C=S) groups is 1. The molecule has 0 aliphatic carbocycles. The quantitative estimate of drug-likeness (QED) is 0.637. The molecule has 0 unspecified atom stereocenters. The van der Waals surface area contributed by atoms with Crippen LogP contribution < -0.4 is 15.7 Å². The zero-order valence-electron chi connectivity index (χ0n) is 11.2. The van der Waals surface area contributed by atoms with Crippen LogP contribution in [0.4, 0.5) is 0 Å². The number of nitrogens with one attached hydrogen (secondary N) is 3. The van der Waals surface area contributed by atoms with Crippen LogP contribution in [-0.4, -0.2) is 27.1 Å². The van der Waals surface area contributed by atoms with Crippen LogP contribution in [0.2, 0.25) is 0 Å². The predicted molar refractivity (Wildman–Crippen MR) is 80.1 cm³/mol. The van der Waals surface area contributed by atoms with E-state index >= 15 is 0 Å². The highest BCUT2D eigenvalue weighted by Gasteiger charge is 2.13. The van der Waals surface area contributed by atoms with Gasteiger partial charge in [0.2, 0.25) is 0 Å². The predicted octanol–water partition coefficient (Wildman–Crippen LogP) is -0.265. The maximum atomic E-state index is 11.1. The van der Waals surface area contributed by atoms with Crippen LogP contribution >= 0.6 is 12.2 Å². The Hall–Kier alpha value is -2.41. The van der Waals surface area contributed by atoms with E-state index in [-0.39, 0.29) is 11.5 Å². The third kappa shape index (κ3) is 4.88. The molecule has 6 nitrogen and oxygen atoms in total. The lowest BCUT2D eigenvalue weighted by atomic mass is 10.2. The molecule has 0 saturated carbocycles. The lowest BCUT2D eigenvalue weighted by Crippen LogP contribution is -2.51. The van der Waals surface area contributed by atoms with Gasteiger partial charge in [-0.25, -0.2) is 4.98 Å². The van der Waals surface area contributed by atoms with Gasteiger partial charge in [-0.3, -0.25) is 0 Å². The van der Waals surface area contributed by atoms with E-state index in [0.29, 0.717) is 12.2 Å². The fourth-order valence-corrected chi connectivity index (χ4v) is 2.01. The Kier molecular flexibility index (Phi) is 5.28. The van der Waals surface area contributed by atoms with Crippen LogP contribution in [0.25, 0.3) is 0 Å². The minimum atomic E-state index is -1.21. The number of H-pyrrole nitrogens is 1. The Balaban J connectivity index is 1.85. The molecule has 2 rings (SSSR count). The van der Waals surface area contributed by atoms with Crippen LogP contribution in [-0.2, 0) is 17.8 Å². The molecule has 0 spiro atoms. The highest BCUT2D eigenvalue weighted by atomic mass is 32.1. The maximum absolute atomic E-state index is 11.1. The summed E-state index contributed by atoms with van der Waals surface area (Å²) < 4.78 is 0. The summed E-state index contributed by atoms with van der Waals surface area (Å²) in [6.07, 6.45) is 3.28. The van der Waals surface area contributed by atoms with Crippen LogP contribution in [0, 0.1) is 0 Å². The molecule has 21 heavy (non-hydrogen) atoms. The zero-order chi connectivity index (χ0) is 15.1. The number of rotatable bonds is 6. The number of carbonyl (C=O) groups excluding carboxylic acids is 1. The third-order valence-electron chi connectivity index (χ3n) is 2.86. The Morgan fingerprint density at radius 1 is 1.38 bits per heavy atom. The van der Waals surface area contributed by atoms with Crippen molar-refractivity contribution >= 4 is 23.3 Å². The second-order valence-corrected chi connectivity index (χ2v) is 4.87. The average Bonchev–Trinajstić information content (AvgIpc) is 2.98. The summed E-state index contributed by atoms with van der Waals surface area (Å²) in [7, 11) is 0. The number of aromatic amines is 1. The van der Waals surface area contributed by atoms with E-state index in [1.54, 1.807) is 6.20 Å². The highest BCUT2D eigenvalue weighted by molar-refractivity contribution is 7.80. The molecule has 1 aromatic carbocycles. The van der Waals surface area contributed by atoms with Crippen LogP contribution in [0.5, 0.6) is 0 Å². The van der Waals surface area contributed by atoms with Crippen molar-refractivity contribution in [1.29, 1.82) is 0 Å². The summed E-state index contributed by atoms with van der Waals surface area (Å²) in [5.74, 6) is -1.21. The van der Waals surface area contributed by atoms with Gasteiger partial charge in [-0.1, -0.05) is 30.3 Å². The molecule has 1 atom stereocenters. The fraction of sp³-hybridized carbons (Fsp3) is 0.214. The van der Waals surface area contributed by atoms with Crippen LogP contribution in [0.1, 0.15) is 11.3 Å². The van der Waals surface area contributed by atoms with Crippen molar-refractivity contribution in [1.82, 2.24) is 20.6 Å². The monoisotopic (exact) mass is 303 g/mol. The van der Waals surface area contributed by atoms with Crippen molar-refractivity contribution in [3.8, 4) is 0 Å². The first-order chi connectivity index (χ1) is 10.1. The van der Waals surface area contributed by atoms with E-state index < -0.39 is 12.0 Å². The second kappa shape index (κ2) is 7.39. The second-order valence-electron chi connectivity index (χ2n) is 4.47. The summed E-state index contributed by atoms with van der Waals surface area (Å²) in [5.41, 5.74) is 1.75. The number of aromatic nitrogens is 2. The molecule has 1 heterocycles. The topological polar surface area (TPSA) is 92.9 Å². The summed E-state index contributed by atoms with van der Waals surface area (Å²) in [6, 6.07) is 8.77. The van der Waals surface area contributed by atoms with Gasteiger partial charge >= 0.3 is 0 Å². The minimum Gasteiger partial charge on any atom is -0.548 e. The van der Waals surface area contributed by atoms with Crippen molar-refractivity contribution in [3.63, 3.8) is 0 Å². The molecule has 0 aliphatic rings. The normalized spacial score (nSPS) is 11.6. The first kappa shape index (κ1) is 15.0. The smallest absolute Gasteiger partial charge is 0.167 e. The minimum absolute atomic E-state index is 0.218. The lowest BCUT2D eigenvalue weighted by molar-refractivity contribution is -0.308. The van der Waals surface area contributed by atoms with E-state index in [4.69, 9.17) is 12.2 Å². The number of carboxylic acid groups (broad SMARTS) is 1. The van der Waals surface area contributed by atoms with Gasteiger partial charge in [0.1, 0.15) is 0 Å². The fourth-order valence-electron chi connectivity index (χ4n) is 1.80. The Morgan fingerprint density at radius 3 is 2.76 bits per heavy atom. The van der Waals surface area contributed by atoms with E-state index in [2.05, 4.69) is 20.6 Å². The van der Waals surface area contributed by atoms with Crippen molar-refractivity contribution < 1.29 is 9.90 Å². The molecule has 7 heteroatoms. The average molecular weight is 303 g/mol. The van der Waals surface area contributed by atoms with E-state index in [1.165, 1.54) is 6.33 Å². The Labute approximate surface area is 127 Å². The van der Waals surface area contributed by atoms with Gasteiger partial charge in [0, 0.05) is 24.9 Å². The summed E-state index contributed by atoms with van der Waals surface area (Å²) >= 11 is 5.11. The standard InChI is InChI=1S/C14H16N4O2S/c19-13(20)12(6-11-8-15-9-17-11)18-14(21)16-7-10-4-2-1-3-5-10/h1-5,8-9,12H,6-7H2,(H,15,17)(H,19,20)(H2,16,18,21)/p-1/t12-/m0/s1. The van der Waals surface area contributed by atoms with Crippen molar-refractivity contribution in [3.05, 3.63) is 54.1 Å². The van der Waals surface area contributed by atoms with Crippen molar-refractivity contribution in [2.24, 2.45) is 0 Å². The number of aliphatic carboxylic acids is 1. The first-order valence-corrected chi connectivity index (χ1v) is 6.82. The molecule has 1 aromatic heterocycles. The number of nitrogens with zero attached hydrogens (tertiary/aromatic N) is 1. The summed E-state index contributed by atoms with van der Waals surface area (Å²) in [4.78, 5) is 17.8. The van der Waals surface area contributed by atoms with Gasteiger partial charge in [0.05, 0.1) is 18.3 Å². The van der Waals surface area contributed by atoms with Crippen molar-refractivity contribution in [2.75, 3.05) is 0 Å². The number of carbonyl (C=O) groups is 1. The molecular weight excluding hydrogens is 288 g/mol.